The van der Waals surface area contributed by atoms with Crippen molar-refractivity contribution in [1.82, 2.24) is 4.57 Å². The second-order valence-electron chi connectivity index (χ2n) is 4.15. The van der Waals surface area contributed by atoms with E-state index in [1.54, 1.807) is 0 Å². The molecule has 0 amide bonds. The smallest absolute Gasteiger partial charge is 0.202 e. The van der Waals surface area contributed by atoms with Crippen LogP contribution in [0.25, 0.3) is 5.69 Å². The van der Waals surface area contributed by atoms with Crippen LogP contribution in [0.2, 0.25) is 0 Å². The third kappa shape index (κ3) is 1.43. The van der Waals surface area contributed by atoms with E-state index in [-0.39, 0.29) is 11.8 Å². The molecule has 0 spiro atoms. The van der Waals surface area contributed by atoms with Gasteiger partial charge in [-0.2, -0.15) is 0 Å². The third-order valence-corrected chi connectivity index (χ3v) is 3.15. The second kappa shape index (κ2) is 3.70. The molecule has 1 heterocycles. The number of aromatic nitrogens is 1. The summed E-state index contributed by atoms with van der Waals surface area (Å²) in [6.45, 7) is 0. The molecule has 2 N–H and O–H groups in total. The summed E-state index contributed by atoms with van der Waals surface area (Å²) >= 11 is 0. The van der Waals surface area contributed by atoms with Crippen LogP contribution in [0.4, 0.5) is 0 Å². The summed E-state index contributed by atoms with van der Waals surface area (Å²) in [5, 5.41) is 20.4. The van der Waals surface area contributed by atoms with E-state index in [0.29, 0.717) is 12.8 Å². The number of hydrogen-bond donors (Lipinski definition) is 2. The zero-order valence-corrected chi connectivity index (χ0v) is 9.30. The number of benzene rings is 1. The normalized spacial score (nSPS) is 13.6. The Morgan fingerprint density at radius 2 is 1.35 bits per heavy atom. The second-order valence-corrected chi connectivity index (χ2v) is 4.15. The van der Waals surface area contributed by atoms with E-state index >= 15 is 0 Å². The average Bonchev–Trinajstić information content (AvgIpc) is 2.64. The molecule has 1 aromatic carbocycles. The molecule has 0 saturated heterocycles. The number of rotatable bonds is 1. The first kappa shape index (κ1) is 10.0. The standard InChI is InChI=1S/C14H13NO2/c16-13-11-8-4-5-9-12(11)14(17)15(13)10-6-2-1-3-7-10/h1-7,16-17H,8-9H2. The van der Waals surface area contributed by atoms with Crippen LogP contribution in [-0.4, -0.2) is 14.8 Å². The van der Waals surface area contributed by atoms with E-state index < -0.39 is 0 Å². The van der Waals surface area contributed by atoms with E-state index in [9.17, 15) is 10.2 Å². The molecular formula is C14H13NO2. The molecule has 0 radical (unpaired) electrons. The average molecular weight is 227 g/mol. The third-order valence-electron chi connectivity index (χ3n) is 3.15. The topological polar surface area (TPSA) is 45.4 Å². The van der Waals surface area contributed by atoms with Crippen LogP contribution in [0.1, 0.15) is 11.1 Å². The zero-order chi connectivity index (χ0) is 11.8. The summed E-state index contributed by atoms with van der Waals surface area (Å²) in [5.41, 5.74) is 2.43. The minimum atomic E-state index is 0.146. The van der Waals surface area contributed by atoms with E-state index in [0.717, 1.165) is 16.8 Å². The van der Waals surface area contributed by atoms with Gasteiger partial charge in [-0.15, -0.1) is 0 Å². The summed E-state index contributed by atoms with van der Waals surface area (Å²) in [4.78, 5) is 0. The lowest BCUT2D eigenvalue weighted by Crippen LogP contribution is -1.92. The summed E-state index contributed by atoms with van der Waals surface area (Å²) in [6, 6.07) is 9.39. The van der Waals surface area contributed by atoms with E-state index in [2.05, 4.69) is 0 Å². The summed E-state index contributed by atoms with van der Waals surface area (Å²) < 4.78 is 1.50. The first-order valence-electron chi connectivity index (χ1n) is 5.64. The highest BCUT2D eigenvalue weighted by Gasteiger charge is 2.22. The highest BCUT2D eigenvalue weighted by molar-refractivity contribution is 5.54. The van der Waals surface area contributed by atoms with Crippen molar-refractivity contribution in [3.8, 4) is 17.4 Å². The fourth-order valence-corrected chi connectivity index (χ4v) is 2.29. The van der Waals surface area contributed by atoms with Gasteiger partial charge >= 0.3 is 0 Å². The summed E-state index contributed by atoms with van der Waals surface area (Å²) in [7, 11) is 0. The minimum Gasteiger partial charge on any atom is -0.494 e. The van der Waals surface area contributed by atoms with Gasteiger partial charge in [-0.3, -0.25) is 4.57 Å². The maximum atomic E-state index is 10.2. The molecule has 0 bridgehead atoms. The number of aromatic hydroxyl groups is 2. The monoisotopic (exact) mass is 227 g/mol. The molecule has 1 aliphatic carbocycles. The number of nitrogens with zero attached hydrogens (tertiary/aromatic N) is 1. The molecule has 0 fully saturated rings. The van der Waals surface area contributed by atoms with Crippen molar-refractivity contribution in [1.29, 1.82) is 0 Å². The largest absolute Gasteiger partial charge is 0.494 e. The van der Waals surface area contributed by atoms with E-state index in [1.165, 1.54) is 4.57 Å². The maximum absolute atomic E-state index is 10.2. The Morgan fingerprint density at radius 3 is 1.88 bits per heavy atom. The van der Waals surface area contributed by atoms with E-state index in [1.807, 2.05) is 42.5 Å². The van der Waals surface area contributed by atoms with Crippen molar-refractivity contribution in [3.63, 3.8) is 0 Å². The molecule has 0 saturated carbocycles. The van der Waals surface area contributed by atoms with E-state index in [4.69, 9.17) is 0 Å². The number of fused-ring (bicyclic) bond motifs is 1. The lowest BCUT2D eigenvalue weighted by Gasteiger charge is -2.06. The Labute approximate surface area is 99.3 Å². The van der Waals surface area contributed by atoms with Gasteiger partial charge in [0.1, 0.15) is 0 Å². The molecule has 0 atom stereocenters. The van der Waals surface area contributed by atoms with Gasteiger partial charge in [0.2, 0.25) is 11.8 Å². The van der Waals surface area contributed by atoms with Crippen LogP contribution in [-0.2, 0) is 12.8 Å². The Bertz CT molecular complexity index is 551. The van der Waals surface area contributed by atoms with Gasteiger partial charge in [-0.25, -0.2) is 0 Å². The number of allylic oxidation sites excluding steroid dienone is 2. The SMILES string of the molecule is Oc1c2c(c(O)n1-c1ccccc1)CC=CC2. The van der Waals surface area contributed by atoms with Crippen molar-refractivity contribution < 1.29 is 10.2 Å². The molecule has 3 heteroatoms. The van der Waals surface area contributed by atoms with Gasteiger partial charge in [0.05, 0.1) is 5.69 Å². The van der Waals surface area contributed by atoms with Crippen LogP contribution >= 0.6 is 0 Å². The summed E-state index contributed by atoms with van der Waals surface area (Å²) in [6.07, 6.45) is 5.37. The first-order valence-corrected chi connectivity index (χ1v) is 5.64. The van der Waals surface area contributed by atoms with Crippen LogP contribution in [0.5, 0.6) is 11.8 Å². The van der Waals surface area contributed by atoms with Gasteiger partial charge in [0.25, 0.3) is 0 Å². The molecule has 1 aliphatic rings. The van der Waals surface area contributed by atoms with Crippen molar-refractivity contribution in [2.45, 2.75) is 12.8 Å². The van der Waals surface area contributed by atoms with Crippen LogP contribution in [0.15, 0.2) is 42.5 Å². The van der Waals surface area contributed by atoms with Crippen LogP contribution < -0.4 is 0 Å². The van der Waals surface area contributed by atoms with Gasteiger partial charge < -0.3 is 10.2 Å². The lowest BCUT2D eigenvalue weighted by atomic mass is 10.0. The first-order chi connectivity index (χ1) is 8.29. The van der Waals surface area contributed by atoms with Crippen molar-refractivity contribution >= 4 is 0 Å². The molecule has 17 heavy (non-hydrogen) atoms. The highest BCUT2D eigenvalue weighted by Crippen LogP contribution is 2.38. The van der Waals surface area contributed by atoms with Gasteiger partial charge in [0, 0.05) is 11.1 Å². The minimum absolute atomic E-state index is 0.146. The molecule has 3 rings (SSSR count). The Morgan fingerprint density at radius 1 is 0.824 bits per heavy atom. The Balaban J connectivity index is 2.22. The fourth-order valence-electron chi connectivity index (χ4n) is 2.29. The lowest BCUT2D eigenvalue weighted by molar-refractivity contribution is 0.400. The maximum Gasteiger partial charge on any atom is 0.202 e. The van der Waals surface area contributed by atoms with Crippen molar-refractivity contribution in [2.75, 3.05) is 0 Å². The predicted octanol–water partition coefficient (Wildman–Crippen LogP) is 2.54. The van der Waals surface area contributed by atoms with Crippen LogP contribution in [0.3, 0.4) is 0 Å². The molecular weight excluding hydrogens is 214 g/mol. The molecule has 0 unspecified atom stereocenters. The molecule has 3 nitrogen and oxygen atoms in total. The molecule has 0 aliphatic heterocycles. The van der Waals surface area contributed by atoms with Crippen molar-refractivity contribution in [2.24, 2.45) is 0 Å². The van der Waals surface area contributed by atoms with Gasteiger partial charge in [-0.1, -0.05) is 30.4 Å². The molecule has 2 aromatic rings. The Hall–Kier alpha value is -2.16. The number of para-hydroxylation sites is 1. The van der Waals surface area contributed by atoms with Crippen LogP contribution in [0, 0.1) is 0 Å². The van der Waals surface area contributed by atoms with Gasteiger partial charge in [-0.05, 0) is 25.0 Å². The number of hydrogen-bond acceptors (Lipinski definition) is 2. The zero-order valence-electron chi connectivity index (χ0n) is 9.30. The predicted molar refractivity (Wildman–Crippen MR) is 65.6 cm³/mol. The molecule has 86 valence electrons. The Kier molecular flexibility index (Phi) is 2.18. The highest BCUT2D eigenvalue weighted by atomic mass is 16.3. The van der Waals surface area contributed by atoms with Crippen molar-refractivity contribution in [3.05, 3.63) is 53.6 Å². The molecule has 1 aromatic heterocycles. The summed E-state index contributed by atoms with van der Waals surface area (Å²) in [5.74, 6) is 0.293. The fraction of sp³-hybridized carbons (Fsp3) is 0.143. The van der Waals surface area contributed by atoms with Gasteiger partial charge in [0.15, 0.2) is 0 Å². The quantitative estimate of drug-likeness (QED) is 0.735.